The van der Waals surface area contributed by atoms with Crippen molar-refractivity contribution in [2.45, 2.75) is 32.7 Å². The Balaban J connectivity index is 1.60. The summed E-state index contributed by atoms with van der Waals surface area (Å²) in [5, 5.41) is 2.95. The molecule has 1 heterocycles. The number of benzene rings is 1. The van der Waals surface area contributed by atoms with Crippen molar-refractivity contribution in [1.29, 1.82) is 0 Å². The predicted octanol–water partition coefficient (Wildman–Crippen LogP) is 2.33. The number of hydrogen-bond acceptors (Lipinski definition) is 2. The summed E-state index contributed by atoms with van der Waals surface area (Å²) in [6.07, 6.45) is 6.13. The van der Waals surface area contributed by atoms with Crippen LogP contribution in [0.5, 0.6) is 0 Å². The summed E-state index contributed by atoms with van der Waals surface area (Å²) in [6, 6.07) is 10.3. The lowest BCUT2D eigenvalue weighted by atomic mass is 10.1. The van der Waals surface area contributed by atoms with E-state index in [1.165, 1.54) is 5.56 Å². The van der Waals surface area contributed by atoms with Crippen LogP contribution >= 0.6 is 0 Å². The minimum absolute atomic E-state index is 0.124. The number of aromatic nitrogens is 2. The molecule has 0 fully saturated rings. The zero-order chi connectivity index (χ0) is 14.2. The van der Waals surface area contributed by atoms with Gasteiger partial charge in [-0.1, -0.05) is 30.3 Å². The van der Waals surface area contributed by atoms with Gasteiger partial charge in [-0.05, 0) is 25.3 Å². The Morgan fingerprint density at radius 1 is 1.30 bits per heavy atom. The Bertz CT molecular complexity index is 534. The lowest BCUT2D eigenvalue weighted by molar-refractivity contribution is -0.121. The molecule has 0 aliphatic heterocycles. The number of amides is 1. The van der Waals surface area contributed by atoms with E-state index in [9.17, 15) is 4.79 Å². The lowest BCUT2D eigenvalue weighted by Crippen LogP contribution is -2.27. The SMILES string of the molecule is Cc1nccn1CCNC(=O)CCCc1ccccc1. The number of nitrogens with zero attached hydrogens (tertiary/aromatic N) is 2. The first-order valence-corrected chi connectivity index (χ1v) is 7.04. The molecule has 106 valence electrons. The molecule has 1 aromatic heterocycles. The maximum absolute atomic E-state index is 11.7. The largest absolute Gasteiger partial charge is 0.354 e. The Labute approximate surface area is 119 Å². The van der Waals surface area contributed by atoms with Gasteiger partial charge >= 0.3 is 0 Å². The van der Waals surface area contributed by atoms with Crippen molar-refractivity contribution in [3.63, 3.8) is 0 Å². The highest BCUT2D eigenvalue weighted by Gasteiger charge is 2.02. The van der Waals surface area contributed by atoms with Crippen molar-refractivity contribution in [3.05, 3.63) is 54.1 Å². The Morgan fingerprint density at radius 2 is 2.10 bits per heavy atom. The van der Waals surface area contributed by atoms with E-state index in [1.807, 2.05) is 35.9 Å². The average Bonchev–Trinajstić information content (AvgIpc) is 2.86. The number of nitrogens with one attached hydrogen (secondary N) is 1. The molecule has 4 heteroatoms. The number of aryl methyl sites for hydroxylation is 2. The molecule has 0 spiro atoms. The molecule has 0 saturated carbocycles. The van der Waals surface area contributed by atoms with Gasteiger partial charge in [0.15, 0.2) is 0 Å². The molecule has 4 nitrogen and oxygen atoms in total. The van der Waals surface area contributed by atoms with Gasteiger partial charge in [0.2, 0.25) is 5.91 Å². The van der Waals surface area contributed by atoms with Crippen molar-refractivity contribution in [2.75, 3.05) is 6.54 Å². The average molecular weight is 271 g/mol. The number of hydrogen-bond donors (Lipinski definition) is 1. The molecule has 1 N–H and O–H groups in total. The summed E-state index contributed by atoms with van der Waals surface area (Å²) in [7, 11) is 0. The molecular formula is C16H21N3O. The second-order valence-electron chi connectivity index (χ2n) is 4.86. The predicted molar refractivity (Wildman–Crippen MR) is 79.4 cm³/mol. The molecular weight excluding hydrogens is 250 g/mol. The molecule has 2 rings (SSSR count). The Kier molecular flexibility index (Phi) is 5.35. The molecule has 0 aliphatic rings. The van der Waals surface area contributed by atoms with Crippen LogP contribution in [0.3, 0.4) is 0 Å². The van der Waals surface area contributed by atoms with Crippen LogP contribution in [0.25, 0.3) is 0 Å². The van der Waals surface area contributed by atoms with E-state index in [1.54, 1.807) is 6.20 Å². The van der Waals surface area contributed by atoms with Gasteiger partial charge in [0.1, 0.15) is 5.82 Å². The van der Waals surface area contributed by atoms with E-state index in [4.69, 9.17) is 0 Å². The zero-order valence-corrected chi connectivity index (χ0v) is 11.9. The summed E-state index contributed by atoms with van der Waals surface area (Å²) in [4.78, 5) is 15.9. The number of imidazole rings is 1. The minimum atomic E-state index is 0.124. The van der Waals surface area contributed by atoms with Crippen molar-refractivity contribution in [1.82, 2.24) is 14.9 Å². The molecule has 2 aromatic rings. The molecule has 0 atom stereocenters. The zero-order valence-electron chi connectivity index (χ0n) is 11.9. The highest BCUT2D eigenvalue weighted by atomic mass is 16.1. The molecule has 0 unspecified atom stereocenters. The highest BCUT2D eigenvalue weighted by Crippen LogP contribution is 2.04. The second-order valence-corrected chi connectivity index (χ2v) is 4.86. The number of carbonyl (C=O) groups is 1. The topological polar surface area (TPSA) is 46.9 Å². The highest BCUT2D eigenvalue weighted by molar-refractivity contribution is 5.75. The van der Waals surface area contributed by atoms with Gasteiger partial charge in [-0.2, -0.15) is 0 Å². The lowest BCUT2D eigenvalue weighted by Gasteiger charge is -2.07. The molecule has 0 saturated heterocycles. The monoisotopic (exact) mass is 271 g/mol. The van der Waals surface area contributed by atoms with Crippen LogP contribution in [0.2, 0.25) is 0 Å². The van der Waals surface area contributed by atoms with E-state index >= 15 is 0 Å². The van der Waals surface area contributed by atoms with Crippen LogP contribution in [0.4, 0.5) is 0 Å². The molecule has 0 radical (unpaired) electrons. The normalized spacial score (nSPS) is 10.4. The van der Waals surface area contributed by atoms with Gasteiger partial charge in [-0.15, -0.1) is 0 Å². The first-order valence-electron chi connectivity index (χ1n) is 7.04. The van der Waals surface area contributed by atoms with E-state index in [-0.39, 0.29) is 5.91 Å². The number of rotatable bonds is 7. The van der Waals surface area contributed by atoms with Gasteiger partial charge < -0.3 is 9.88 Å². The van der Waals surface area contributed by atoms with E-state index in [2.05, 4.69) is 22.4 Å². The molecule has 20 heavy (non-hydrogen) atoms. The third-order valence-electron chi connectivity index (χ3n) is 3.31. The van der Waals surface area contributed by atoms with Crippen LogP contribution in [-0.4, -0.2) is 22.0 Å². The van der Waals surface area contributed by atoms with Crippen LogP contribution in [-0.2, 0) is 17.8 Å². The van der Waals surface area contributed by atoms with Crippen LogP contribution in [0, 0.1) is 6.92 Å². The Morgan fingerprint density at radius 3 is 2.80 bits per heavy atom. The fourth-order valence-corrected chi connectivity index (χ4v) is 2.14. The summed E-state index contributed by atoms with van der Waals surface area (Å²) >= 11 is 0. The standard InChI is InChI=1S/C16H21N3O/c1-14-17-10-12-19(14)13-11-18-16(20)9-5-8-15-6-3-2-4-7-15/h2-4,6-7,10,12H,5,8-9,11,13H2,1H3,(H,18,20). The van der Waals surface area contributed by atoms with E-state index in [0.717, 1.165) is 25.2 Å². The van der Waals surface area contributed by atoms with Crippen molar-refractivity contribution < 1.29 is 4.79 Å². The van der Waals surface area contributed by atoms with Crippen LogP contribution < -0.4 is 5.32 Å². The smallest absolute Gasteiger partial charge is 0.220 e. The quantitative estimate of drug-likeness (QED) is 0.840. The minimum Gasteiger partial charge on any atom is -0.354 e. The Hall–Kier alpha value is -2.10. The summed E-state index contributed by atoms with van der Waals surface area (Å²) in [5.74, 6) is 1.10. The fraction of sp³-hybridized carbons (Fsp3) is 0.375. The van der Waals surface area contributed by atoms with Crippen LogP contribution in [0.15, 0.2) is 42.7 Å². The van der Waals surface area contributed by atoms with E-state index < -0.39 is 0 Å². The summed E-state index contributed by atoms with van der Waals surface area (Å²) in [6.45, 7) is 3.39. The second kappa shape index (κ2) is 7.48. The van der Waals surface area contributed by atoms with Gasteiger partial charge in [-0.25, -0.2) is 4.98 Å². The van der Waals surface area contributed by atoms with Gasteiger partial charge in [0.05, 0.1) is 0 Å². The maximum atomic E-state index is 11.7. The first kappa shape index (κ1) is 14.3. The fourth-order valence-electron chi connectivity index (χ4n) is 2.14. The first-order chi connectivity index (χ1) is 9.75. The van der Waals surface area contributed by atoms with Crippen molar-refractivity contribution in [3.8, 4) is 0 Å². The van der Waals surface area contributed by atoms with Crippen molar-refractivity contribution >= 4 is 5.91 Å². The van der Waals surface area contributed by atoms with Crippen molar-refractivity contribution in [2.24, 2.45) is 0 Å². The van der Waals surface area contributed by atoms with Gasteiger partial charge in [0.25, 0.3) is 0 Å². The third-order valence-corrected chi connectivity index (χ3v) is 3.31. The molecule has 0 aliphatic carbocycles. The van der Waals surface area contributed by atoms with Crippen LogP contribution in [0.1, 0.15) is 24.2 Å². The molecule has 1 aromatic carbocycles. The number of carbonyl (C=O) groups excluding carboxylic acids is 1. The van der Waals surface area contributed by atoms with Gasteiger partial charge in [-0.3, -0.25) is 4.79 Å². The maximum Gasteiger partial charge on any atom is 0.220 e. The molecule has 1 amide bonds. The molecule has 0 bridgehead atoms. The van der Waals surface area contributed by atoms with E-state index in [0.29, 0.717) is 13.0 Å². The van der Waals surface area contributed by atoms with Gasteiger partial charge in [0, 0.05) is 31.9 Å². The summed E-state index contributed by atoms with van der Waals surface area (Å²) in [5.41, 5.74) is 1.29. The third kappa shape index (κ3) is 4.53. The summed E-state index contributed by atoms with van der Waals surface area (Å²) < 4.78 is 2.03.